The number of hydrogen-bond acceptors (Lipinski definition) is 12. The molecule has 12 heteroatoms. The van der Waals surface area contributed by atoms with E-state index in [1.54, 1.807) is 37.7 Å². The van der Waals surface area contributed by atoms with Gasteiger partial charge in [0.15, 0.2) is 0 Å². The molecule has 0 spiro atoms. The minimum Gasteiger partial charge on any atom is -0.497 e. The molecule has 6 atom stereocenters. The maximum Gasteiger partial charge on any atom is 0.119 e. The molecule has 6 rings (SSSR count). The molecule has 0 aliphatic carbocycles. The lowest BCUT2D eigenvalue weighted by atomic mass is 9.69. The largest absolute Gasteiger partial charge is 0.497 e. The molecule has 0 radical (unpaired) electrons. The number of fused-ring (bicyclic) bond motifs is 2. The lowest BCUT2D eigenvalue weighted by Crippen LogP contribution is -2.40. The van der Waals surface area contributed by atoms with Crippen molar-refractivity contribution in [1.82, 2.24) is 0 Å². The number of rotatable bonds is 14. The Hall–Kier alpha value is -3.00. The predicted molar refractivity (Wildman–Crippen MR) is 258 cm³/mol. The van der Waals surface area contributed by atoms with Crippen molar-refractivity contribution >= 4 is 47.0 Å². The molecule has 2 aliphatic rings. The van der Waals surface area contributed by atoms with Crippen LogP contribution in [0.3, 0.4) is 0 Å². The van der Waals surface area contributed by atoms with Crippen molar-refractivity contribution in [1.29, 1.82) is 0 Å². The summed E-state index contributed by atoms with van der Waals surface area (Å²) in [7, 11) is 3.41. The van der Waals surface area contributed by atoms with E-state index >= 15 is 0 Å². The Morgan fingerprint density at radius 3 is 1.30 bits per heavy atom. The Morgan fingerprint density at radius 2 is 0.983 bits per heavy atom. The van der Waals surface area contributed by atoms with E-state index in [0.717, 1.165) is 85.5 Å². The predicted octanol–water partition coefficient (Wildman–Crippen LogP) is 13.3. The second-order valence-corrected chi connectivity index (χ2v) is 19.2. The van der Waals surface area contributed by atoms with Crippen LogP contribution in [0.25, 0.3) is 0 Å². The zero-order valence-electron chi connectivity index (χ0n) is 36.4. The molecule has 8 nitrogen and oxygen atoms in total. The fraction of sp³-hybridized carbons (Fsp3) is 0.500. The van der Waals surface area contributed by atoms with Crippen LogP contribution in [-0.4, -0.2) is 60.7 Å². The van der Waals surface area contributed by atoms with Gasteiger partial charge in [-0.1, -0.05) is 77.6 Å². The molecule has 60 heavy (non-hydrogen) atoms. The molecule has 328 valence electrons. The zero-order chi connectivity index (χ0) is 44.3. The maximum absolute atomic E-state index is 11.9. The lowest BCUT2D eigenvalue weighted by Gasteiger charge is -2.40. The highest BCUT2D eigenvalue weighted by Gasteiger charge is 2.46. The van der Waals surface area contributed by atoms with Crippen LogP contribution in [0.4, 0.5) is 0 Å². The third-order valence-corrected chi connectivity index (χ3v) is 16.6. The number of thioether (sulfide) groups is 4. The summed E-state index contributed by atoms with van der Waals surface area (Å²) in [6.07, 6.45) is 12.1. The van der Waals surface area contributed by atoms with Crippen LogP contribution in [0.15, 0.2) is 105 Å². The summed E-state index contributed by atoms with van der Waals surface area (Å²) in [5, 5.41) is 23.7. The summed E-state index contributed by atoms with van der Waals surface area (Å²) in [5.41, 5.74) is 4.64. The molecular formula is C48H64O8S4. The number of unbranched alkanes of at least 4 members (excludes halogenated alkanes) is 2. The molecule has 4 aromatic carbocycles. The minimum atomic E-state index is -0.415. The number of aliphatic hydroxyl groups is 2. The van der Waals surface area contributed by atoms with Crippen molar-refractivity contribution in [3.63, 3.8) is 0 Å². The summed E-state index contributed by atoms with van der Waals surface area (Å²) >= 11 is 7.36. The second kappa shape index (κ2) is 25.8. The third-order valence-electron chi connectivity index (χ3n) is 12.4. The zero-order valence-corrected chi connectivity index (χ0v) is 39.7. The SMILES string of the molecule is CCCC[C@]1(CC)CSc2ccc(SC)cc2[C@@H](c2cccc(OC)c2)C1O.CCCC[C@]1(CC)CSc2ccc(SC)cc2[C@H](c2cccc(OC)c2)C1O.O=O.O=O. The highest BCUT2D eigenvalue weighted by Crippen LogP contribution is 2.53. The summed E-state index contributed by atoms with van der Waals surface area (Å²) in [5.74, 6) is 3.56. The Labute approximate surface area is 375 Å². The number of benzene rings is 4. The van der Waals surface area contributed by atoms with Crippen molar-refractivity contribution in [2.45, 2.75) is 123 Å². The van der Waals surface area contributed by atoms with Gasteiger partial charge in [0.05, 0.1) is 26.4 Å². The number of hydrogen-bond donors (Lipinski definition) is 2. The van der Waals surface area contributed by atoms with E-state index in [1.807, 2.05) is 47.8 Å². The molecule has 4 aromatic rings. The molecule has 0 saturated carbocycles. The summed E-state index contributed by atoms with van der Waals surface area (Å²) in [6, 6.07) is 30.0. The molecular weight excluding hydrogens is 833 g/mol. The first-order valence-corrected chi connectivity index (χ1v) is 25.2. The third kappa shape index (κ3) is 12.1. The van der Waals surface area contributed by atoms with Gasteiger partial charge in [0.25, 0.3) is 0 Å². The fourth-order valence-electron chi connectivity index (χ4n) is 8.58. The van der Waals surface area contributed by atoms with Gasteiger partial charge in [0, 0.05) is 73.6 Å². The molecule has 2 unspecified atom stereocenters. The first-order valence-electron chi connectivity index (χ1n) is 20.8. The maximum atomic E-state index is 11.9. The second-order valence-electron chi connectivity index (χ2n) is 15.4. The van der Waals surface area contributed by atoms with Crippen molar-refractivity contribution < 1.29 is 19.7 Å². The highest BCUT2D eigenvalue weighted by molar-refractivity contribution is 8.00. The van der Waals surface area contributed by atoms with Crippen molar-refractivity contribution in [3.05, 3.63) is 127 Å². The summed E-state index contributed by atoms with van der Waals surface area (Å²) in [6.45, 7) is 8.95. The van der Waals surface area contributed by atoms with E-state index in [4.69, 9.17) is 29.3 Å². The smallest absolute Gasteiger partial charge is 0.119 e. The number of ether oxygens (including phenoxy) is 2. The Kier molecular flexibility index (Phi) is 22.1. The Balaban J connectivity index is 0.000000296. The average Bonchev–Trinajstić information content (AvgIpc) is 3.51. The molecule has 0 saturated heterocycles. The summed E-state index contributed by atoms with van der Waals surface area (Å²) < 4.78 is 11.0. The standard InChI is InChI=1S/2C24H32O2S2.2O2/c2*1-5-7-13-24(6-2)16-28-21-12-11-19(27-4)15-20(21)22(23(24)25)17-9-8-10-18(14-17)26-3;2*1-2/h2*8-12,14-15,22-23,25H,5-7,13,16H2,1-4H3;;/t22-,23?,24+;22-,23?,24-;;/m01../s1. The first kappa shape index (κ1) is 51.4. The topological polar surface area (TPSA) is 127 Å². The van der Waals surface area contributed by atoms with Gasteiger partial charge in [0.1, 0.15) is 11.5 Å². The molecule has 2 heterocycles. The van der Waals surface area contributed by atoms with Crippen LogP contribution in [-0.2, 0) is 0 Å². The summed E-state index contributed by atoms with van der Waals surface area (Å²) in [4.78, 5) is 33.1. The molecule has 0 bridgehead atoms. The van der Waals surface area contributed by atoms with Crippen LogP contribution in [0, 0.1) is 30.7 Å². The fourth-order valence-corrected chi connectivity index (χ4v) is 12.4. The molecule has 0 fully saturated rings. The first-order chi connectivity index (χ1) is 29.2. The normalized spacial score (nSPS) is 23.0. The van der Waals surface area contributed by atoms with Crippen LogP contribution in [0.5, 0.6) is 11.5 Å². The molecule has 2 N–H and O–H groups in total. The van der Waals surface area contributed by atoms with Crippen LogP contribution in [0.1, 0.15) is 113 Å². The van der Waals surface area contributed by atoms with Crippen molar-refractivity contribution in [2.24, 2.45) is 10.8 Å². The average molecular weight is 897 g/mol. The van der Waals surface area contributed by atoms with E-state index in [-0.39, 0.29) is 22.7 Å². The van der Waals surface area contributed by atoms with E-state index in [0.29, 0.717) is 0 Å². The van der Waals surface area contributed by atoms with Crippen molar-refractivity contribution in [2.75, 3.05) is 38.2 Å². The Morgan fingerprint density at radius 1 is 0.600 bits per heavy atom. The van der Waals surface area contributed by atoms with Gasteiger partial charge in [-0.05, 0) is 121 Å². The quantitative estimate of drug-likeness (QED) is 0.117. The van der Waals surface area contributed by atoms with E-state index in [1.165, 1.54) is 30.7 Å². The van der Waals surface area contributed by atoms with Gasteiger partial charge in [-0.3, -0.25) is 0 Å². The number of aliphatic hydroxyl groups excluding tert-OH is 2. The lowest BCUT2D eigenvalue weighted by molar-refractivity contribution is 0.0181. The Bertz CT molecular complexity index is 1760. The number of methoxy groups -OCH3 is 2. The van der Waals surface area contributed by atoms with Crippen molar-refractivity contribution in [3.8, 4) is 11.5 Å². The van der Waals surface area contributed by atoms with Gasteiger partial charge in [-0.15, -0.1) is 47.0 Å². The van der Waals surface area contributed by atoms with Crippen LogP contribution < -0.4 is 9.47 Å². The monoisotopic (exact) mass is 896 g/mol. The van der Waals surface area contributed by atoms with Gasteiger partial charge >= 0.3 is 0 Å². The minimum absolute atomic E-state index is 0.0380. The molecule has 0 amide bonds. The van der Waals surface area contributed by atoms with Gasteiger partial charge in [-0.2, -0.15) is 0 Å². The van der Waals surface area contributed by atoms with Gasteiger partial charge in [0.2, 0.25) is 0 Å². The van der Waals surface area contributed by atoms with Crippen LogP contribution in [0.2, 0.25) is 0 Å². The van der Waals surface area contributed by atoms with Gasteiger partial charge < -0.3 is 19.7 Å². The van der Waals surface area contributed by atoms with E-state index in [2.05, 4.69) is 101 Å². The molecule has 0 aromatic heterocycles. The molecule has 2 aliphatic heterocycles. The van der Waals surface area contributed by atoms with E-state index in [9.17, 15) is 10.2 Å². The van der Waals surface area contributed by atoms with E-state index < -0.39 is 12.2 Å². The van der Waals surface area contributed by atoms with Crippen LogP contribution >= 0.6 is 47.0 Å². The van der Waals surface area contributed by atoms with Gasteiger partial charge in [-0.25, -0.2) is 0 Å². The highest BCUT2D eigenvalue weighted by atomic mass is 32.2.